The lowest BCUT2D eigenvalue weighted by atomic mass is 9.75. The fourth-order valence-corrected chi connectivity index (χ4v) is 16.6. The van der Waals surface area contributed by atoms with Gasteiger partial charge in [0, 0.05) is 25.8 Å². The van der Waals surface area contributed by atoms with E-state index in [4.69, 9.17) is 0 Å². The van der Waals surface area contributed by atoms with Crippen LogP contribution in [0.2, 0.25) is 39.3 Å². The average molecular weight is 747 g/mol. The molecule has 0 saturated carbocycles. The molecule has 0 aromatic heterocycles. The Morgan fingerprint density at radius 2 is 0.560 bits per heavy atom. The molecular formula is C46H76P2Si2. The average Bonchev–Trinajstić information content (AvgIpc) is 2.84. The van der Waals surface area contributed by atoms with Gasteiger partial charge in [0.05, 0.1) is 0 Å². The van der Waals surface area contributed by atoms with Crippen molar-refractivity contribution in [1.29, 1.82) is 0 Å². The highest BCUT2D eigenvalue weighted by Gasteiger charge is 2.40. The fourth-order valence-electron chi connectivity index (χ4n) is 5.73. The molecule has 0 amide bonds. The Morgan fingerprint density at radius 3 is 0.700 bits per heavy atom. The monoisotopic (exact) mass is 746 g/mol. The zero-order valence-corrected chi connectivity index (χ0v) is 41.0. The van der Waals surface area contributed by atoms with E-state index in [9.17, 15) is 0 Å². The Kier molecular flexibility index (Phi) is 13.1. The molecule has 2 rings (SSSR count). The van der Waals surface area contributed by atoms with Gasteiger partial charge in [0.15, 0.2) is 0 Å². The second-order valence-electron chi connectivity index (χ2n) is 22.9. The zero-order valence-electron chi connectivity index (χ0n) is 37.2. The largest absolute Gasteiger partial charge is 0.129 e. The lowest BCUT2D eigenvalue weighted by Crippen LogP contribution is -2.34. The summed E-state index contributed by atoms with van der Waals surface area (Å²) in [5, 5.41) is 3.02. The van der Waals surface area contributed by atoms with E-state index in [1.807, 2.05) is 0 Å². The summed E-state index contributed by atoms with van der Waals surface area (Å²) in [5.41, 5.74) is 25.0. The summed E-state index contributed by atoms with van der Waals surface area (Å²) in [6, 6.07) is 10.3. The molecule has 0 nitrogen and oxygen atoms in total. The molecule has 0 heterocycles. The topological polar surface area (TPSA) is 0 Å². The number of rotatable bonds is 3. The summed E-state index contributed by atoms with van der Waals surface area (Å²) in [5.74, 6) is 0. The summed E-state index contributed by atoms with van der Waals surface area (Å²) >= 11 is 0. The third-order valence-electron chi connectivity index (χ3n) is 8.88. The van der Waals surface area contributed by atoms with E-state index in [1.165, 1.54) is 44.0 Å². The van der Waals surface area contributed by atoms with Crippen LogP contribution in [0.3, 0.4) is 0 Å². The van der Waals surface area contributed by atoms with Crippen molar-refractivity contribution < 1.29 is 0 Å². The van der Waals surface area contributed by atoms with Crippen molar-refractivity contribution in [3.63, 3.8) is 0 Å². The van der Waals surface area contributed by atoms with Crippen LogP contribution < -0.4 is 10.6 Å². The van der Waals surface area contributed by atoms with E-state index in [2.05, 4.69) is 211 Å². The second kappa shape index (κ2) is 14.6. The quantitative estimate of drug-likeness (QED) is 0.167. The van der Waals surface area contributed by atoms with Crippen LogP contribution in [0.5, 0.6) is 0 Å². The highest BCUT2D eigenvalue weighted by Crippen LogP contribution is 2.69. The van der Waals surface area contributed by atoms with Crippen molar-refractivity contribution in [1.82, 2.24) is 0 Å². The standard InChI is InChI=1S/C46H76P2Si2/c1-41(2,3)33-29-35(43(7,8)9)39(36(30-33)44(10,11)12)47(25-27-49(19,20)21)48(26-28-50(22,23)24)40-37(45(13,14)15)31-34(42(4,5)6)32-38(40)46(16,17)18/h29-32H,1-24H3. The number of benzene rings is 2. The predicted octanol–water partition coefficient (Wildman–Crippen LogP) is 14.0. The lowest BCUT2D eigenvalue weighted by Gasteiger charge is -2.39. The molecule has 50 heavy (non-hydrogen) atoms. The van der Waals surface area contributed by atoms with E-state index < -0.39 is 31.4 Å². The van der Waals surface area contributed by atoms with Gasteiger partial charge in [0.2, 0.25) is 0 Å². The van der Waals surface area contributed by atoms with Crippen molar-refractivity contribution >= 4 is 42.0 Å². The molecule has 0 radical (unpaired) electrons. The van der Waals surface area contributed by atoms with Crippen LogP contribution in [0, 0.1) is 22.4 Å². The molecule has 4 heteroatoms. The van der Waals surface area contributed by atoms with Gasteiger partial charge in [-0.3, -0.25) is 0 Å². The Balaban J connectivity index is 3.60. The minimum absolute atomic E-state index is 0.0370. The van der Waals surface area contributed by atoms with Gasteiger partial charge in [-0.15, -0.1) is 11.1 Å². The Morgan fingerprint density at radius 1 is 0.360 bits per heavy atom. The van der Waals surface area contributed by atoms with Crippen molar-refractivity contribution in [2.75, 3.05) is 0 Å². The summed E-state index contributed by atoms with van der Waals surface area (Å²) in [4.78, 5) is 0. The van der Waals surface area contributed by atoms with Crippen molar-refractivity contribution in [2.24, 2.45) is 0 Å². The first-order chi connectivity index (χ1) is 21.9. The molecule has 0 spiro atoms. The molecule has 0 fully saturated rings. The lowest BCUT2D eigenvalue weighted by molar-refractivity contribution is 0.552. The number of hydrogen-bond donors (Lipinski definition) is 0. The van der Waals surface area contributed by atoms with Crippen LogP contribution in [0.1, 0.15) is 158 Å². The minimum atomic E-state index is -1.73. The molecule has 0 aliphatic heterocycles. The zero-order chi connectivity index (χ0) is 39.4. The third kappa shape index (κ3) is 11.9. The third-order valence-corrected chi connectivity index (χ3v) is 16.9. The number of hydrogen-bond acceptors (Lipinski definition) is 0. The molecule has 0 aliphatic rings. The molecule has 2 atom stereocenters. The smallest absolute Gasteiger partial charge is 0.127 e. The molecule has 2 unspecified atom stereocenters. The molecule has 0 bridgehead atoms. The van der Waals surface area contributed by atoms with E-state index in [0.717, 1.165) is 0 Å². The fraction of sp³-hybridized carbons (Fsp3) is 0.652. The van der Waals surface area contributed by atoms with Crippen LogP contribution in [0.15, 0.2) is 24.3 Å². The van der Waals surface area contributed by atoms with Gasteiger partial charge in [-0.25, -0.2) is 0 Å². The summed E-state index contributed by atoms with van der Waals surface area (Å²) in [7, 11) is -5.49. The molecule has 0 N–H and O–H groups in total. The van der Waals surface area contributed by atoms with Crippen LogP contribution in [-0.2, 0) is 32.5 Å². The molecule has 0 aliphatic carbocycles. The van der Waals surface area contributed by atoms with Crippen LogP contribution >= 0.6 is 15.2 Å². The van der Waals surface area contributed by atoms with Gasteiger partial charge < -0.3 is 0 Å². The van der Waals surface area contributed by atoms with Gasteiger partial charge in [-0.1, -0.05) is 199 Å². The van der Waals surface area contributed by atoms with E-state index >= 15 is 0 Å². The maximum atomic E-state index is 4.21. The predicted molar refractivity (Wildman–Crippen MR) is 240 cm³/mol. The van der Waals surface area contributed by atoms with Gasteiger partial charge in [0.25, 0.3) is 0 Å². The Hall–Kier alpha value is -1.15. The van der Waals surface area contributed by atoms with Gasteiger partial charge in [-0.05, 0) is 65.9 Å². The first kappa shape index (κ1) is 45.0. The van der Waals surface area contributed by atoms with Crippen LogP contribution in [0.4, 0.5) is 0 Å². The maximum Gasteiger partial charge on any atom is 0.129 e. The Labute approximate surface area is 317 Å². The Bertz CT molecular complexity index is 1470. The SMILES string of the molecule is CC(C)(C)c1cc(C(C)(C)C)c(P(C#C[Si](C)(C)C)P(C#C[Si](C)(C)C)c2c(C(C)(C)C)cc(C(C)(C)C)cc2C(C)(C)C)c(C(C)(C)C)c1. The molecule has 2 aromatic rings. The van der Waals surface area contributed by atoms with Gasteiger partial charge in [-0.2, -0.15) is 0 Å². The molecular weight excluding hydrogens is 671 g/mol. The molecule has 0 saturated heterocycles. The van der Waals surface area contributed by atoms with Crippen molar-refractivity contribution in [3.8, 4) is 22.4 Å². The summed E-state index contributed by atoms with van der Waals surface area (Å²) in [6.45, 7) is 57.6. The van der Waals surface area contributed by atoms with Gasteiger partial charge >= 0.3 is 0 Å². The van der Waals surface area contributed by atoms with Crippen LogP contribution in [-0.4, -0.2) is 16.1 Å². The first-order valence-electron chi connectivity index (χ1n) is 18.9. The van der Waals surface area contributed by atoms with Gasteiger partial charge in [0.1, 0.15) is 16.1 Å². The van der Waals surface area contributed by atoms with Crippen molar-refractivity contribution in [3.05, 3.63) is 57.6 Å². The summed E-state index contributed by atoms with van der Waals surface area (Å²) in [6.07, 6.45) is 0. The molecule has 2 aromatic carbocycles. The first-order valence-corrected chi connectivity index (χ1v) is 29.3. The van der Waals surface area contributed by atoms with E-state index in [1.54, 1.807) is 0 Å². The van der Waals surface area contributed by atoms with E-state index in [-0.39, 0.29) is 32.5 Å². The summed E-state index contributed by atoms with van der Waals surface area (Å²) < 4.78 is 0. The van der Waals surface area contributed by atoms with Crippen molar-refractivity contribution in [2.45, 2.75) is 196 Å². The minimum Gasteiger partial charge on any atom is -0.127 e. The second-order valence-corrected chi connectivity index (χ2v) is 37.4. The molecule has 278 valence electrons. The van der Waals surface area contributed by atoms with E-state index in [0.29, 0.717) is 0 Å². The highest BCUT2D eigenvalue weighted by atomic mass is 32.1. The maximum absolute atomic E-state index is 4.21. The van der Waals surface area contributed by atoms with Crippen LogP contribution in [0.25, 0.3) is 0 Å². The normalized spacial score (nSPS) is 15.1. The highest BCUT2D eigenvalue weighted by molar-refractivity contribution is 8.39.